The van der Waals surface area contributed by atoms with Crippen molar-refractivity contribution >= 4 is 11.6 Å². The first-order chi connectivity index (χ1) is 10.1. The number of halogens is 1. The van der Waals surface area contributed by atoms with E-state index in [4.69, 9.17) is 16.0 Å². The molecular weight excluding hydrogens is 288 g/mol. The summed E-state index contributed by atoms with van der Waals surface area (Å²) in [6, 6.07) is 7.46. The van der Waals surface area contributed by atoms with Gasteiger partial charge < -0.3 is 9.52 Å². The molecule has 1 aromatic heterocycles. The van der Waals surface area contributed by atoms with Gasteiger partial charge in [-0.3, -0.25) is 4.90 Å². The highest BCUT2D eigenvalue weighted by atomic mass is 35.5. The molecule has 4 nitrogen and oxygen atoms in total. The lowest BCUT2D eigenvalue weighted by Crippen LogP contribution is -2.41. The van der Waals surface area contributed by atoms with E-state index in [1.807, 2.05) is 24.3 Å². The van der Waals surface area contributed by atoms with Gasteiger partial charge in [-0.1, -0.05) is 18.5 Å². The summed E-state index contributed by atoms with van der Waals surface area (Å²) in [5, 5.41) is 10.5. The van der Waals surface area contributed by atoms with Crippen LogP contribution in [0.15, 0.2) is 34.9 Å². The molecule has 2 unspecified atom stereocenters. The third-order valence-corrected chi connectivity index (χ3v) is 4.22. The molecule has 2 heterocycles. The largest absolute Gasteiger partial charge is 0.444 e. The van der Waals surface area contributed by atoms with E-state index in [1.165, 1.54) is 0 Å². The normalized spacial score (nSPS) is 23.4. The van der Waals surface area contributed by atoms with Crippen molar-refractivity contribution in [3.8, 4) is 11.5 Å². The molecule has 1 aromatic carbocycles. The lowest BCUT2D eigenvalue weighted by Gasteiger charge is -2.33. The van der Waals surface area contributed by atoms with E-state index >= 15 is 0 Å². The van der Waals surface area contributed by atoms with Crippen LogP contribution in [0.1, 0.15) is 19.0 Å². The SMILES string of the molecule is CC1CN(Cc2coc(-c3ccc(Cl)cc3)n2)CCC1O. The van der Waals surface area contributed by atoms with E-state index in [-0.39, 0.29) is 6.10 Å². The van der Waals surface area contributed by atoms with Gasteiger partial charge in [-0.05, 0) is 36.6 Å². The van der Waals surface area contributed by atoms with Gasteiger partial charge in [-0.15, -0.1) is 0 Å². The average Bonchev–Trinajstić information content (AvgIpc) is 2.92. The average molecular weight is 307 g/mol. The van der Waals surface area contributed by atoms with Gasteiger partial charge in [0, 0.05) is 30.2 Å². The van der Waals surface area contributed by atoms with Gasteiger partial charge in [-0.25, -0.2) is 4.98 Å². The Hall–Kier alpha value is -1.36. The lowest BCUT2D eigenvalue weighted by atomic mass is 9.97. The van der Waals surface area contributed by atoms with Crippen molar-refractivity contribution < 1.29 is 9.52 Å². The first kappa shape index (κ1) is 14.6. The number of benzene rings is 1. The second kappa shape index (κ2) is 6.18. The molecule has 1 fully saturated rings. The van der Waals surface area contributed by atoms with Crippen LogP contribution in [-0.4, -0.2) is 34.2 Å². The third-order valence-electron chi connectivity index (χ3n) is 3.97. The summed E-state index contributed by atoms with van der Waals surface area (Å²) >= 11 is 5.88. The van der Waals surface area contributed by atoms with E-state index in [1.54, 1.807) is 6.26 Å². The van der Waals surface area contributed by atoms with Gasteiger partial charge in [0.05, 0.1) is 11.8 Å². The first-order valence-corrected chi connectivity index (χ1v) is 7.60. The predicted octanol–water partition coefficient (Wildman–Crippen LogP) is 3.20. The fourth-order valence-electron chi connectivity index (χ4n) is 2.70. The second-order valence-corrected chi connectivity index (χ2v) is 6.16. The Bertz CT molecular complexity index is 597. The summed E-state index contributed by atoms with van der Waals surface area (Å²) in [5.74, 6) is 0.924. The minimum Gasteiger partial charge on any atom is -0.444 e. The second-order valence-electron chi connectivity index (χ2n) is 5.72. The van der Waals surface area contributed by atoms with Crippen LogP contribution in [0.3, 0.4) is 0 Å². The van der Waals surface area contributed by atoms with Crippen molar-refractivity contribution in [2.24, 2.45) is 5.92 Å². The Balaban J connectivity index is 1.66. The van der Waals surface area contributed by atoms with Crippen molar-refractivity contribution in [2.45, 2.75) is 26.0 Å². The van der Waals surface area contributed by atoms with Crippen LogP contribution in [0.25, 0.3) is 11.5 Å². The smallest absolute Gasteiger partial charge is 0.226 e. The molecule has 1 aliphatic rings. The van der Waals surface area contributed by atoms with Crippen molar-refractivity contribution in [1.82, 2.24) is 9.88 Å². The van der Waals surface area contributed by atoms with Crippen LogP contribution in [0.4, 0.5) is 0 Å². The van der Waals surface area contributed by atoms with Crippen molar-refractivity contribution in [3.05, 3.63) is 41.2 Å². The van der Waals surface area contributed by atoms with Crippen molar-refractivity contribution in [2.75, 3.05) is 13.1 Å². The van der Waals surface area contributed by atoms with E-state index in [9.17, 15) is 5.11 Å². The van der Waals surface area contributed by atoms with Gasteiger partial charge >= 0.3 is 0 Å². The molecular formula is C16H19ClN2O2. The number of nitrogens with zero attached hydrogens (tertiary/aromatic N) is 2. The zero-order valence-corrected chi connectivity index (χ0v) is 12.8. The topological polar surface area (TPSA) is 49.5 Å². The number of hydrogen-bond donors (Lipinski definition) is 1. The molecule has 2 atom stereocenters. The van der Waals surface area contributed by atoms with Gasteiger partial charge in [-0.2, -0.15) is 0 Å². The third kappa shape index (κ3) is 3.46. The number of piperidine rings is 1. The Morgan fingerprint density at radius 1 is 1.38 bits per heavy atom. The van der Waals surface area contributed by atoms with Crippen LogP contribution in [-0.2, 0) is 6.54 Å². The molecule has 1 saturated heterocycles. The van der Waals surface area contributed by atoms with Gasteiger partial charge in [0.15, 0.2) is 0 Å². The summed E-state index contributed by atoms with van der Waals surface area (Å²) in [6.45, 7) is 4.63. The van der Waals surface area contributed by atoms with Crippen LogP contribution >= 0.6 is 11.6 Å². The highest BCUT2D eigenvalue weighted by Crippen LogP contribution is 2.23. The zero-order valence-electron chi connectivity index (χ0n) is 12.0. The molecule has 0 saturated carbocycles. The Kier molecular flexibility index (Phi) is 4.29. The van der Waals surface area contributed by atoms with E-state index in [0.717, 1.165) is 37.3 Å². The molecule has 0 amide bonds. The van der Waals surface area contributed by atoms with E-state index in [0.29, 0.717) is 16.8 Å². The number of likely N-dealkylation sites (tertiary alicyclic amines) is 1. The van der Waals surface area contributed by atoms with Crippen LogP contribution < -0.4 is 0 Å². The van der Waals surface area contributed by atoms with Gasteiger partial charge in [0.25, 0.3) is 0 Å². The molecule has 2 aromatic rings. The molecule has 1 N–H and O–H groups in total. The Labute approximate surface area is 129 Å². The first-order valence-electron chi connectivity index (χ1n) is 7.22. The predicted molar refractivity (Wildman–Crippen MR) is 82.0 cm³/mol. The molecule has 5 heteroatoms. The lowest BCUT2D eigenvalue weighted by molar-refractivity contribution is 0.0315. The highest BCUT2D eigenvalue weighted by Gasteiger charge is 2.24. The molecule has 0 bridgehead atoms. The molecule has 0 radical (unpaired) electrons. The van der Waals surface area contributed by atoms with Crippen molar-refractivity contribution in [1.29, 1.82) is 0 Å². The minimum absolute atomic E-state index is 0.178. The summed E-state index contributed by atoms with van der Waals surface area (Å²) in [5.41, 5.74) is 1.84. The van der Waals surface area contributed by atoms with E-state index in [2.05, 4.69) is 16.8 Å². The van der Waals surface area contributed by atoms with Gasteiger partial charge in [0.1, 0.15) is 6.26 Å². The fraction of sp³-hybridized carbons (Fsp3) is 0.438. The number of oxazole rings is 1. The van der Waals surface area contributed by atoms with E-state index < -0.39 is 0 Å². The maximum Gasteiger partial charge on any atom is 0.226 e. The highest BCUT2D eigenvalue weighted by molar-refractivity contribution is 6.30. The number of hydrogen-bond acceptors (Lipinski definition) is 4. The minimum atomic E-state index is -0.178. The summed E-state index contributed by atoms with van der Waals surface area (Å²) < 4.78 is 5.55. The Morgan fingerprint density at radius 2 is 2.14 bits per heavy atom. The van der Waals surface area contributed by atoms with Gasteiger partial charge in [0.2, 0.25) is 5.89 Å². The number of rotatable bonds is 3. The maximum atomic E-state index is 9.77. The standard InChI is InChI=1S/C16H19ClN2O2/c1-11-8-19(7-6-15(11)20)9-14-10-21-16(18-14)12-2-4-13(17)5-3-12/h2-5,10-11,15,20H,6-9H2,1H3. The molecule has 21 heavy (non-hydrogen) atoms. The van der Waals surface area contributed by atoms with Crippen LogP contribution in [0, 0.1) is 5.92 Å². The quantitative estimate of drug-likeness (QED) is 0.946. The molecule has 0 aliphatic carbocycles. The fourth-order valence-corrected chi connectivity index (χ4v) is 2.82. The van der Waals surface area contributed by atoms with Crippen LogP contribution in [0.5, 0.6) is 0 Å². The molecule has 0 spiro atoms. The van der Waals surface area contributed by atoms with Crippen LogP contribution in [0.2, 0.25) is 5.02 Å². The summed E-state index contributed by atoms with van der Waals surface area (Å²) in [6.07, 6.45) is 2.35. The number of aliphatic hydroxyl groups excluding tert-OH is 1. The summed E-state index contributed by atoms with van der Waals surface area (Å²) in [4.78, 5) is 6.84. The zero-order chi connectivity index (χ0) is 14.8. The Morgan fingerprint density at radius 3 is 2.86 bits per heavy atom. The maximum absolute atomic E-state index is 9.77. The number of aromatic nitrogens is 1. The van der Waals surface area contributed by atoms with Crippen molar-refractivity contribution in [3.63, 3.8) is 0 Å². The number of aliphatic hydroxyl groups is 1. The summed E-state index contributed by atoms with van der Waals surface area (Å²) in [7, 11) is 0. The molecule has 112 valence electrons. The molecule has 3 rings (SSSR count). The molecule has 1 aliphatic heterocycles. The monoisotopic (exact) mass is 306 g/mol.